The van der Waals surface area contributed by atoms with Crippen molar-refractivity contribution in [2.75, 3.05) is 19.6 Å². The number of likely N-dealkylation sites (tertiary alicyclic amines) is 1. The van der Waals surface area contributed by atoms with Gasteiger partial charge < -0.3 is 5.32 Å². The van der Waals surface area contributed by atoms with E-state index in [-0.39, 0.29) is 0 Å². The highest BCUT2D eigenvalue weighted by Gasteiger charge is 2.17. The summed E-state index contributed by atoms with van der Waals surface area (Å²) in [4.78, 5) is 12.3. The summed E-state index contributed by atoms with van der Waals surface area (Å²) in [5.41, 5.74) is 0.251. The largest absolute Gasteiger partial charge is 0.311 e. The van der Waals surface area contributed by atoms with E-state index in [1.165, 1.54) is 25.0 Å². The molecule has 1 aromatic carbocycles. The second-order valence-electron chi connectivity index (χ2n) is 5.27. The molecule has 1 aromatic rings. The molecule has 0 saturated carbocycles. The fourth-order valence-corrected chi connectivity index (χ4v) is 2.55. The Morgan fingerprint density at radius 1 is 1.45 bits per heavy atom. The molecule has 1 aliphatic rings. The minimum atomic E-state index is -0.776. The molecule has 0 aromatic heterocycles. The Hall–Kier alpha value is -1.53. The molecule has 1 aliphatic heterocycles. The molecular weight excluding hydrogens is 261 g/mol. The van der Waals surface area contributed by atoms with E-state index in [2.05, 4.69) is 17.1 Å². The zero-order valence-corrected chi connectivity index (χ0v) is 11.6. The van der Waals surface area contributed by atoms with Gasteiger partial charge in [-0.1, -0.05) is 6.07 Å². The maximum absolute atomic E-state index is 13.5. The first-order valence-electron chi connectivity index (χ1n) is 6.95. The van der Waals surface area contributed by atoms with Crippen molar-refractivity contribution in [2.24, 2.45) is 0 Å². The molecule has 1 saturated heterocycles. The molecule has 1 atom stereocenters. The van der Waals surface area contributed by atoms with Gasteiger partial charge in [-0.25, -0.2) is 0 Å². The van der Waals surface area contributed by atoms with Gasteiger partial charge in [-0.15, -0.1) is 0 Å². The smallest absolute Gasteiger partial charge is 0.304 e. The predicted molar refractivity (Wildman–Crippen MR) is 75.0 cm³/mol. The van der Waals surface area contributed by atoms with Crippen LogP contribution >= 0.6 is 0 Å². The molecule has 0 aliphatic carbocycles. The first kappa shape index (κ1) is 14.9. The number of halogens is 1. The Labute approximate surface area is 117 Å². The van der Waals surface area contributed by atoms with E-state index in [4.69, 9.17) is 0 Å². The predicted octanol–water partition coefficient (Wildman–Crippen LogP) is 2.31. The summed E-state index contributed by atoms with van der Waals surface area (Å²) in [5, 5.41) is 13.8. The zero-order chi connectivity index (χ0) is 14.5. The van der Waals surface area contributed by atoms with Crippen LogP contribution in [-0.4, -0.2) is 35.5 Å². The van der Waals surface area contributed by atoms with Crippen LogP contribution in [0, 0.1) is 15.9 Å². The summed E-state index contributed by atoms with van der Waals surface area (Å²) in [6.45, 7) is 5.82. The van der Waals surface area contributed by atoms with E-state index < -0.39 is 16.4 Å². The van der Waals surface area contributed by atoms with Gasteiger partial charge in [-0.2, -0.15) is 4.39 Å². The average molecular weight is 281 g/mol. The fraction of sp³-hybridized carbons (Fsp3) is 0.571. The molecule has 1 fully saturated rings. The maximum Gasteiger partial charge on any atom is 0.304 e. The van der Waals surface area contributed by atoms with Gasteiger partial charge in [0.25, 0.3) is 0 Å². The lowest BCUT2D eigenvalue weighted by molar-refractivity contribution is -0.387. The zero-order valence-electron chi connectivity index (χ0n) is 11.6. The van der Waals surface area contributed by atoms with Crippen molar-refractivity contribution in [2.45, 2.75) is 32.4 Å². The van der Waals surface area contributed by atoms with Crippen LogP contribution in [0.5, 0.6) is 0 Å². The topological polar surface area (TPSA) is 58.4 Å². The monoisotopic (exact) mass is 281 g/mol. The molecule has 0 radical (unpaired) electrons. The van der Waals surface area contributed by atoms with Gasteiger partial charge in [0.1, 0.15) is 0 Å². The summed E-state index contributed by atoms with van der Waals surface area (Å²) >= 11 is 0. The lowest BCUT2D eigenvalue weighted by Gasteiger charge is -2.23. The highest BCUT2D eigenvalue weighted by atomic mass is 19.1. The van der Waals surface area contributed by atoms with Crippen molar-refractivity contribution in [3.05, 3.63) is 39.7 Å². The SMILES string of the molecule is CC(CNCc1ccc([N+](=O)[O-])c(F)c1)N1CCCC1. The third-order valence-corrected chi connectivity index (χ3v) is 3.74. The average Bonchev–Trinajstić information content (AvgIpc) is 2.92. The van der Waals surface area contributed by atoms with Crippen molar-refractivity contribution >= 4 is 5.69 Å². The van der Waals surface area contributed by atoms with Crippen molar-refractivity contribution in [3.8, 4) is 0 Å². The van der Waals surface area contributed by atoms with Crippen LogP contribution in [0.25, 0.3) is 0 Å². The number of nitro benzene ring substituents is 1. The fourth-order valence-electron chi connectivity index (χ4n) is 2.55. The molecule has 1 unspecified atom stereocenters. The lowest BCUT2D eigenvalue weighted by atomic mass is 10.2. The van der Waals surface area contributed by atoms with Crippen LogP contribution in [0.4, 0.5) is 10.1 Å². The minimum Gasteiger partial charge on any atom is -0.311 e. The number of hydrogen-bond acceptors (Lipinski definition) is 4. The van der Waals surface area contributed by atoms with Crippen molar-refractivity contribution in [3.63, 3.8) is 0 Å². The Kier molecular flexibility index (Phi) is 5.03. The van der Waals surface area contributed by atoms with Crippen LogP contribution in [0.3, 0.4) is 0 Å². The summed E-state index contributed by atoms with van der Waals surface area (Å²) in [6, 6.07) is 4.50. The van der Waals surface area contributed by atoms with Crippen molar-refractivity contribution in [1.29, 1.82) is 0 Å². The minimum absolute atomic E-state index is 0.459. The first-order valence-corrected chi connectivity index (χ1v) is 6.95. The van der Waals surface area contributed by atoms with Gasteiger partial charge in [0, 0.05) is 25.2 Å². The second kappa shape index (κ2) is 6.76. The Morgan fingerprint density at radius 3 is 2.75 bits per heavy atom. The van der Waals surface area contributed by atoms with Crippen LogP contribution < -0.4 is 5.32 Å². The van der Waals surface area contributed by atoms with Crippen LogP contribution in [0.1, 0.15) is 25.3 Å². The third kappa shape index (κ3) is 3.74. The highest BCUT2D eigenvalue weighted by Crippen LogP contribution is 2.18. The molecule has 5 nitrogen and oxygen atoms in total. The van der Waals surface area contributed by atoms with E-state index in [0.717, 1.165) is 25.2 Å². The summed E-state index contributed by atoms with van der Waals surface area (Å²) < 4.78 is 13.5. The van der Waals surface area contributed by atoms with E-state index >= 15 is 0 Å². The second-order valence-corrected chi connectivity index (χ2v) is 5.27. The molecule has 0 spiro atoms. The number of nitro groups is 1. The number of hydrogen-bond donors (Lipinski definition) is 1. The lowest BCUT2D eigenvalue weighted by Crippen LogP contribution is -2.38. The number of benzene rings is 1. The molecular formula is C14H20FN3O2. The van der Waals surface area contributed by atoms with Crippen molar-refractivity contribution in [1.82, 2.24) is 10.2 Å². The summed E-state index contributed by atoms with van der Waals surface area (Å²) in [5.74, 6) is -0.776. The standard InChI is InChI=1S/C14H20FN3O2/c1-11(17-6-2-3-7-17)9-16-10-12-4-5-14(18(19)20)13(15)8-12/h4-5,8,11,16H,2-3,6-7,9-10H2,1H3. The highest BCUT2D eigenvalue weighted by molar-refractivity contribution is 5.34. The normalized spacial score (nSPS) is 17.3. The Morgan fingerprint density at radius 2 is 2.15 bits per heavy atom. The van der Waals surface area contributed by atoms with Gasteiger partial charge in [-0.3, -0.25) is 15.0 Å². The third-order valence-electron chi connectivity index (χ3n) is 3.74. The Bertz CT molecular complexity index is 475. The van der Waals surface area contributed by atoms with Gasteiger partial charge in [0.05, 0.1) is 4.92 Å². The quantitative estimate of drug-likeness (QED) is 0.642. The van der Waals surface area contributed by atoms with Crippen molar-refractivity contribution < 1.29 is 9.31 Å². The molecule has 110 valence electrons. The molecule has 20 heavy (non-hydrogen) atoms. The van der Waals surface area contributed by atoms with E-state index in [9.17, 15) is 14.5 Å². The molecule has 0 amide bonds. The molecule has 2 rings (SSSR count). The van der Waals surface area contributed by atoms with Gasteiger partial charge in [0.15, 0.2) is 0 Å². The molecule has 1 heterocycles. The van der Waals surface area contributed by atoms with Crippen LogP contribution in [-0.2, 0) is 6.54 Å². The number of rotatable bonds is 6. The Balaban J connectivity index is 1.82. The summed E-state index contributed by atoms with van der Waals surface area (Å²) in [7, 11) is 0. The molecule has 6 heteroatoms. The first-order chi connectivity index (χ1) is 9.58. The summed E-state index contributed by atoms with van der Waals surface area (Å²) in [6.07, 6.45) is 2.52. The van der Waals surface area contributed by atoms with E-state index in [1.54, 1.807) is 6.07 Å². The van der Waals surface area contributed by atoms with Gasteiger partial charge >= 0.3 is 5.69 Å². The van der Waals surface area contributed by atoms with Crippen LogP contribution in [0.2, 0.25) is 0 Å². The van der Waals surface area contributed by atoms with Crippen LogP contribution in [0.15, 0.2) is 18.2 Å². The van der Waals surface area contributed by atoms with E-state index in [1.807, 2.05) is 0 Å². The molecule has 0 bridgehead atoms. The molecule has 1 N–H and O–H groups in total. The van der Waals surface area contributed by atoms with Gasteiger partial charge in [0.2, 0.25) is 5.82 Å². The number of nitrogens with zero attached hydrogens (tertiary/aromatic N) is 2. The van der Waals surface area contributed by atoms with E-state index in [0.29, 0.717) is 12.6 Å². The number of nitrogens with one attached hydrogen (secondary N) is 1. The van der Waals surface area contributed by atoms with Gasteiger partial charge in [-0.05, 0) is 44.5 Å². The maximum atomic E-state index is 13.5.